The largest absolute Gasteiger partial charge is 0.497 e. The van der Waals surface area contributed by atoms with Crippen LogP contribution in [-0.2, 0) is 11.3 Å². The summed E-state index contributed by atoms with van der Waals surface area (Å²) in [7, 11) is 3.58. The Morgan fingerprint density at radius 1 is 1.31 bits per heavy atom. The smallest absolute Gasteiger partial charge is 0.235 e. The van der Waals surface area contributed by atoms with E-state index in [1.807, 2.05) is 53.8 Å². The highest BCUT2D eigenvalue weighted by molar-refractivity contribution is 8.00. The summed E-state index contributed by atoms with van der Waals surface area (Å²) in [4.78, 5) is 14.9. The molecule has 0 radical (unpaired) electrons. The molecular formula is C22H30N4O2S. The number of nitrogens with zero attached hydrogens (tertiary/aromatic N) is 4. The highest BCUT2D eigenvalue weighted by atomic mass is 32.2. The van der Waals surface area contributed by atoms with E-state index >= 15 is 0 Å². The maximum absolute atomic E-state index is 13.0. The number of ether oxygens (including phenoxy) is 1. The topological polar surface area (TPSA) is 60.2 Å². The summed E-state index contributed by atoms with van der Waals surface area (Å²) in [5.41, 5.74) is 0.949. The molecule has 1 aromatic carbocycles. The van der Waals surface area contributed by atoms with E-state index in [2.05, 4.69) is 16.8 Å². The van der Waals surface area contributed by atoms with Crippen molar-refractivity contribution in [1.29, 1.82) is 0 Å². The third-order valence-corrected chi connectivity index (χ3v) is 6.54. The van der Waals surface area contributed by atoms with Gasteiger partial charge in [0, 0.05) is 25.2 Å². The van der Waals surface area contributed by atoms with Gasteiger partial charge in [-0.05, 0) is 44.0 Å². The molecule has 6 nitrogen and oxygen atoms in total. The summed E-state index contributed by atoms with van der Waals surface area (Å²) in [6.07, 6.45) is 7.73. The Hall–Kier alpha value is -2.28. The van der Waals surface area contributed by atoms with Crippen LogP contribution in [0.15, 0.2) is 42.1 Å². The van der Waals surface area contributed by atoms with E-state index < -0.39 is 0 Å². The number of hydrogen-bond acceptors (Lipinski definition) is 5. The predicted molar refractivity (Wildman–Crippen MR) is 117 cm³/mol. The Morgan fingerprint density at radius 3 is 2.62 bits per heavy atom. The number of thioether (sulfide) groups is 1. The lowest BCUT2D eigenvalue weighted by atomic mass is 9.94. The van der Waals surface area contributed by atoms with E-state index in [0.29, 0.717) is 12.6 Å². The summed E-state index contributed by atoms with van der Waals surface area (Å²) in [6.45, 7) is 6.39. The van der Waals surface area contributed by atoms with Crippen molar-refractivity contribution in [3.8, 4) is 17.1 Å². The van der Waals surface area contributed by atoms with Crippen molar-refractivity contribution in [2.45, 2.75) is 62.0 Å². The van der Waals surface area contributed by atoms with Crippen LogP contribution in [0.5, 0.6) is 5.75 Å². The summed E-state index contributed by atoms with van der Waals surface area (Å²) in [5, 5.41) is 9.27. The molecule has 0 spiro atoms. The average Bonchev–Trinajstić information content (AvgIpc) is 3.15. The van der Waals surface area contributed by atoms with E-state index in [1.165, 1.54) is 31.0 Å². The SMILES string of the molecule is C=CCn1c(S[C@H](C)C(=O)N(C)C2CCCCC2)nnc1-c1ccc(OC)cc1. The third kappa shape index (κ3) is 5.01. The van der Waals surface area contributed by atoms with Crippen molar-refractivity contribution in [2.75, 3.05) is 14.2 Å². The fourth-order valence-electron chi connectivity index (χ4n) is 3.77. The van der Waals surface area contributed by atoms with Crippen LogP contribution in [0.2, 0.25) is 0 Å². The number of carbonyl (C=O) groups excluding carboxylic acids is 1. The normalized spacial score (nSPS) is 15.7. The molecule has 1 aliphatic carbocycles. The summed E-state index contributed by atoms with van der Waals surface area (Å²) in [6, 6.07) is 8.09. The first kappa shape index (κ1) is 21.4. The lowest BCUT2D eigenvalue weighted by molar-refractivity contribution is -0.131. The second-order valence-electron chi connectivity index (χ2n) is 7.44. The Kier molecular flexibility index (Phi) is 7.36. The van der Waals surface area contributed by atoms with E-state index in [-0.39, 0.29) is 11.2 Å². The first-order valence-electron chi connectivity index (χ1n) is 10.2. The van der Waals surface area contributed by atoms with Crippen molar-refractivity contribution < 1.29 is 9.53 Å². The van der Waals surface area contributed by atoms with Crippen LogP contribution in [0.1, 0.15) is 39.0 Å². The van der Waals surface area contributed by atoms with E-state index in [4.69, 9.17) is 4.74 Å². The number of methoxy groups -OCH3 is 1. The van der Waals surface area contributed by atoms with E-state index in [9.17, 15) is 4.79 Å². The molecule has 7 heteroatoms. The van der Waals surface area contributed by atoms with Gasteiger partial charge in [0.25, 0.3) is 0 Å². The Bertz CT molecular complexity index is 828. The van der Waals surface area contributed by atoms with Gasteiger partial charge in [-0.25, -0.2) is 0 Å². The minimum absolute atomic E-state index is 0.154. The third-order valence-electron chi connectivity index (χ3n) is 5.48. The van der Waals surface area contributed by atoms with Gasteiger partial charge in [-0.15, -0.1) is 16.8 Å². The molecule has 1 saturated carbocycles. The molecular weight excluding hydrogens is 384 g/mol. The number of carbonyl (C=O) groups is 1. The van der Waals surface area contributed by atoms with Gasteiger partial charge >= 0.3 is 0 Å². The molecule has 3 rings (SSSR count). The molecule has 0 aliphatic heterocycles. The number of rotatable bonds is 8. The zero-order valence-electron chi connectivity index (χ0n) is 17.5. The quantitative estimate of drug-likeness (QED) is 0.473. The van der Waals surface area contributed by atoms with Crippen LogP contribution in [0.25, 0.3) is 11.4 Å². The lowest BCUT2D eigenvalue weighted by Crippen LogP contribution is -2.42. The van der Waals surface area contributed by atoms with Crippen LogP contribution in [0.4, 0.5) is 0 Å². The summed E-state index contributed by atoms with van der Waals surface area (Å²) < 4.78 is 7.24. The van der Waals surface area contributed by atoms with Gasteiger partial charge < -0.3 is 9.64 Å². The molecule has 0 bridgehead atoms. The van der Waals surface area contributed by atoms with Crippen LogP contribution >= 0.6 is 11.8 Å². The van der Waals surface area contributed by atoms with Gasteiger partial charge in [-0.2, -0.15) is 0 Å². The van der Waals surface area contributed by atoms with Crippen molar-refractivity contribution in [3.63, 3.8) is 0 Å². The van der Waals surface area contributed by atoms with Crippen LogP contribution in [0, 0.1) is 0 Å². The van der Waals surface area contributed by atoms with Gasteiger partial charge in [0.2, 0.25) is 5.91 Å². The molecule has 1 heterocycles. The molecule has 1 fully saturated rings. The fourth-order valence-corrected chi connectivity index (χ4v) is 4.73. The van der Waals surface area contributed by atoms with Gasteiger partial charge in [-0.1, -0.05) is 37.1 Å². The van der Waals surface area contributed by atoms with Crippen LogP contribution in [0.3, 0.4) is 0 Å². The maximum Gasteiger partial charge on any atom is 0.235 e. The molecule has 0 saturated heterocycles. The molecule has 1 atom stereocenters. The van der Waals surface area contributed by atoms with Crippen LogP contribution in [-0.4, -0.2) is 51.0 Å². The standard InChI is InChI=1S/C22H30N4O2S/c1-5-15-26-20(17-11-13-19(28-4)14-12-17)23-24-22(26)29-16(2)21(27)25(3)18-9-7-6-8-10-18/h5,11-14,16,18H,1,6-10,15H2,2-4H3/t16-/m1/s1. The predicted octanol–water partition coefficient (Wildman–Crippen LogP) is 4.41. The summed E-state index contributed by atoms with van der Waals surface area (Å²) >= 11 is 1.46. The highest BCUT2D eigenvalue weighted by Gasteiger charge is 2.27. The zero-order valence-corrected chi connectivity index (χ0v) is 18.3. The monoisotopic (exact) mass is 414 g/mol. The molecule has 2 aromatic rings. The minimum atomic E-state index is -0.224. The fraction of sp³-hybridized carbons (Fsp3) is 0.500. The maximum atomic E-state index is 13.0. The van der Waals surface area contributed by atoms with Gasteiger partial charge in [-0.3, -0.25) is 9.36 Å². The van der Waals surface area contributed by atoms with Gasteiger partial charge in [0.05, 0.1) is 12.4 Å². The lowest BCUT2D eigenvalue weighted by Gasteiger charge is -2.32. The Balaban J connectivity index is 1.76. The molecule has 29 heavy (non-hydrogen) atoms. The molecule has 0 unspecified atom stereocenters. The van der Waals surface area contributed by atoms with Crippen molar-refractivity contribution in [1.82, 2.24) is 19.7 Å². The highest BCUT2D eigenvalue weighted by Crippen LogP contribution is 2.30. The van der Waals surface area contributed by atoms with Crippen molar-refractivity contribution in [3.05, 3.63) is 36.9 Å². The molecule has 156 valence electrons. The Labute approximate surface area is 177 Å². The molecule has 0 N–H and O–H groups in total. The first-order valence-corrected chi connectivity index (χ1v) is 11.0. The number of benzene rings is 1. The van der Waals surface area contributed by atoms with Crippen molar-refractivity contribution >= 4 is 17.7 Å². The number of allylic oxidation sites excluding steroid dienone is 1. The number of hydrogen-bond donors (Lipinski definition) is 0. The van der Waals surface area contributed by atoms with Gasteiger partial charge in [0.1, 0.15) is 5.75 Å². The molecule has 1 aromatic heterocycles. The second kappa shape index (κ2) is 9.96. The van der Waals surface area contributed by atoms with E-state index in [0.717, 1.165) is 35.1 Å². The van der Waals surface area contributed by atoms with Crippen LogP contribution < -0.4 is 4.74 Å². The zero-order chi connectivity index (χ0) is 20.8. The average molecular weight is 415 g/mol. The summed E-state index contributed by atoms with van der Waals surface area (Å²) in [5.74, 6) is 1.71. The number of aromatic nitrogens is 3. The van der Waals surface area contributed by atoms with E-state index in [1.54, 1.807) is 7.11 Å². The first-order chi connectivity index (χ1) is 14.0. The molecule has 1 amide bonds. The molecule has 1 aliphatic rings. The van der Waals surface area contributed by atoms with Crippen molar-refractivity contribution in [2.24, 2.45) is 0 Å². The van der Waals surface area contributed by atoms with Gasteiger partial charge in [0.15, 0.2) is 11.0 Å². The Morgan fingerprint density at radius 2 is 2.00 bits per heavy atom. The second-order valence-corrected chi connectivity index (χ2v) is 8.74. The number of amides is 1. The minimum Gasteiger partial charge on any atom is -0.497 e.